The van der Waals surface area contributed by atoms with E-state index in [1.165, 1.54) is 0 Å². The number of ether oxygens (including phenoxy) is 3. The van der Waals surface area contributed by atoms with Crippen molar-refractivity contribution in [2.75, 3.05) is 19.8 Å². The Morgan fingerprint density at radius 3 is 2.43 bits per heavy atom. The molecule has 0 spiro atoms. The minimum absolute atomic E-state index is 0.254. The molecule has 0 N–H and O–H groups in total. The maximum Gasteiger partial charge on any atom is 0.293 e. The zero-order valence-corrected chi connectivity index (χ0v) is 9.46. The topological polar surface area (TPSA) is 44.8 Å². The molecule has 0 aromatic heterocycles. The van der Waals surface area contributed by atoms with Crippen LogP contribution in [0.25, 0.3) is 0 Å². The number of hydrogen-bond acceptors (Lipinski definition) is 4. The normalized spacial score (nSPS) is 14.8. The van der Waals surface area contributed by atoms with Gasteiger partial charge in [0.1, 0.15) is 11.1 Å². The second kappa shape index (κ2) is 9.52. The summed E-state index contributed by atoms with van der Waals surface area (Å²) in [6, 6.07) is 0. The average Bonchev–Trinajstić information content (AvgIpc) is 2.13. The first-order chi connectivity index (χ1) is 6.66. The minimum atomic E-state index is -0.468. The summed E-state index contributed by atoms with van der Waals surface area (Å²) in [5.74, 6) is 0. The van der Waals surface area contributed by atoms with Crippen molar-refractivity contribution in [1.82, 2.24) is 0 Å². The van der Waals surface area contributed by atoms with Crippen LogP contribution in [0.1, 0.15) is 13.3 Å². The van der Waals surface area contributed by atoms with Crippen LogP contribution in [0.5, 0.6) is 0 Å². The van der Waals surface area contributed by atoms with Gasteiger partial charge >= 0.3 is 0 Å². The monoisotopic (exact) mass is 244 g/mol. The number of alkyl halides is 2. The van der Waals surface area contributed by atoms with Gasteiger partial charge in [-0.15, -0.1) is 0 Å². The highest BCUT2D eigenvalue weighted by Gasteiger charge is 2.04. The lowest BCUT2D eigenvalue weighted by Gasteiger charge is -2.11. The fourth-order valence-corrected chi connectivity index (χ4v) is 0.946. The van der Waals surface area contributed by atoms with Gasteiger partial charge in [-0.25, -0.2) is 0 Å². The Kier molecular flexibility index (Phi) is 9.50. The van der Waals surface area contributed by atoms with E-state index in [-0.39, 0.29) is 12.2 Å². The SMILES string of the molecule is CC(Cl)OCCOC(Cl)CCOC=O. The molecule has 0 saturated heterocycles. The van der Waals surface area contributed by atoms with Crippen LogP contribution in [0, 0.1) is 0 Å². The van der Waals surface area contributed by atoms with E-state index in [2.05, 4.69) is 4.74 Å². The number of carbonyl (C=O) groups excluding carboxylic acids is 1. The third kappa shape index (κ3) is 10.1. The van der Waals surface area contributed by atoms with Crippen molar-refractivity contribution in [3.05, 3.63) is 0 Å². The van der Waals surface area contributed by atoms with Crippen molar-refractivity contribution in [3.8, 4) is 0 Å². The van der Waals surface area contributed by atoms with Gasteiger partial charge in [0.2, 0.25) is 0 Å². The summed E-state index contributed by atoms with van der Waals surface area (Å²) in [6.45, 7) is 3.11. The maximum absolute atomic E-state index is 9.78. The Balaban J connectivity index is 3.17. The Labute approximate surface area is 93.4 Å². The lowest BCUT2D eigenvalue weighted by molar-refractivity contribution is -0.129. The lowest BCUT2D eigenvalue weighted by Crippen LogP contribution is -2.14. The van der Waals surface area contributed by atoms with Crippen LogP contribution in [0.3, 0.4) is 0 Å². The molecule has 2 unspecified atom stereocenters. The largest absolute Gasteiger partial charge is 0.468 e. The van der Waals surface area contributed by atoms with Gasteiger partial charge in [-0.2, -0.15) is 0 Å². The van der Waals surface area contributed by atoms with E-state index >= 15 is 0 Å². The molecule has 0 saturated carbocycles. The zero-order valence-electron chi connectivity index (χ0n) is 7.95. The van der Waals surface area contributed by atoms with Crippen LogP contribution in [-0.4, -0.2) is 37.4 Å². The van der Waals surface area contributed by atoms with Gasteiger partial charge in [-0.3, -0.25) is 4.79 Å². The van der Waals surface area contributed by atoms with E-state index in [0.29, 0.717) is 26.1 Å². The highest BCUT2D eigenvalue weighted by molar-refractivity contribution is 6.19. The van der Waals surface area contributed by atoms with Gasteiger partial charge in [0.05, 0.1) is 19.8 Å². The molecule has 0 amide bonds. The summed E-state index contributed by atoms with van der Waals surface area (Å²) < 4.78 is 14.6. The Morgan fingerprint density at radius 2 is 1.86 bits per heavy atom. The molecule has 0 fully saturated rings. The summed E-state index contributed by atoms with van der Waals surface area (Å²) in [7, 11) is 0. The third-order valence-corrected chi connectivity index (χ3v) is 1.73. The molecule has 0 bridgehead atoms. The predicted octanol–water partition coefficient (Wildman–Crippen LogP) is 1.73. The first kappa shape index (κ1) is 14.0. The average molecular weight is 245 g/mol. The van der Waals surface area contributed by atoms with Crippen molar-refractivity contribution in [2.45, 2.75) is 24.5 Å². The fourth-order valence-electron chi connectivity index (χ4n) is 0.679. The summed E-state index contributed by atoms with van der Waals surface area (Å²) in [5.41, 5.74) is -0.796. The molecule has 0 aliphatic rings. The summed E-state index contributed by atoms with van der Waals surface area (Å²) in [5, 5.41) is 0. The molecule has 2 atom stereocenters. The second-order valence-corrected chi connectivity index (χ2v) is 3.55. The van der Waals surface area contributed by atoms with Crippen LogP contribution in [0.2, 0.25) is 0 Å². The number of halogens is 2. The molecular weight excluding hydrogens is 231 g/mol. The first-order valence-corrected chi connectivity index (χ1v) is 5.10. The standard InChI is InChI=1S/C8H14Cl2O4/c1-7(9)13-4-5-14-8(10)2-3-12-6-11/h6-8H,2-5H2,1H3. The summed E-state index contributed by atoms with van der Waals surface area (Å²) >= 11 is 11.3. The molecule has 0 rings (SSSR count). The van der Waals surface area contributed by atoms with E-state index in [0.717, 1.165) is 0 Å². The number of carbonyl (C=O) groups is 1. The molecule has 6 heteroatoms. The van der Waals surface area contributed by atoms with Crippen molar-refractivity contribution < 1.29 is 19.0 Å². The molecule has 0 aliphatic heterocycles. The van der Waals surface area contributed by atoms with Crippen molar-refractivity contribution in [1.29, 1.82) is 0 Å². The van der Waals surface area contributed by atoms with E-state index in [9.17, 15) is 4.79 Å². The molecular formula is C8H14Cl2O4. The molecule has 0 aromatic carbocycles. The highest BCUT2D eigenvalue weighted by Crippen LogP contribution is 2.04. The van der Waals surface area contributed by atoms with E-state index in [4.69, 9.17) is 32.7 Å². The van der Waals surface area contributed by atoms with Gasteiger partial charge in [0.25, 0.3) is 6.47 Å². The maximum atomic E-state index is 9.78. The highest BCUT2D eigenvalue weighted by atomic mass is 35.5. The lowest BCUT2D eigenvalue weighted by atomic mass is 10.5. The predicted molar refractivity (Wildman–Crippen MR) is 53.5 cm³/mol. The van der Waals surface area contributed by atoms with Gasteiger partial charge < -0.3 is 14.2 Å². The fraction of sp³-hybridized carbons (Fsp3) is 0.875. The molecule has 0 aromatic rings. The number of rotatable bonds is 9. The van der Waals surface area contributed by atoms with Gasteiger partial charge in [-0.05, 0) is 6.92 Å². The van der Waals surface area contributed by atoms with Crippen LogP contribution >= 0.6 is 23.2 Å². The summed E-state index contributed by atoms with van der Waals surface area (Å²) in [4.78, 5) is 9.78. The summed E-state index contributed by atoms with van der Waals surface area (Å²) in [6.07, 6.45) is 0.455. The van der Waals surface area contributed by atoms with Gasteiger partial charge in [-0.1, -0.05) is 23.2 Å². The molecule has 14 heavy (non-hydrogen) atoms. The third-order valence-electron chi connectivity index (χ3n) is 1.26. The molecule has 0 aliphatic carbocycles. The second-order valence-electron chi connectivity index (χ2n) is 2.45. The van der Waals surface area contributed by atoms with Crippen LogP contribution in [0.15, 0.2) is 0 Å². The van der Waals surface area contributed by atoms with Crippen LogP contribution < -0.4 is 0 Å². The van der Waals surface area contributed by atoms with Gasteiger partial charge in [0, 0.05) is 6.42 Å². The smallest absolute Gasteiger partial charge is 0.293 e. The Morgan fingerprint density at radius 1 is 1.21 bits per heavy atom. The van der Waals surface area contributed by atoms with E-state index in [1.54, 1.807) is 6.92 Å². The van der Waals surface area contributed by atoms with E-state index in [1.807, 2.05) is 0 Å². The van der Waals surface area contributed by atoms with E-state index < -0.39 is 5.56 Å². The zero-order chi connectivity index (χ0) is 10.8. The first-order valence-electron chi connectivity index (χ1n) is 4.23. The van der Waals surface area contributed by atoms with Crippen LogP contribution in [0.4, 0.5) is 0 Å². The van der Waals surface area contributed by atoms with Crippen molar-refractivity contribution >= 4 is 29.7 Å². The quantitative estimate of drug-likeness (QED) is 0.352. The Hall–Kier alpha value is -0.0300. The van der Waals surface area contributed by atoms with Crippen LogP contribution in [-0.2, 0) is 19.0 Å². The number of hydrogen-bond donors (Lipinski definition) is 0. The molecule has 0 heterocycles. The van der Waals surface area contributed by atoms with Crippen molar-refractivity contribution in [3.63, 3.8) is 0 Å². The molecule has 84 valence electrons. The van der Waals surface area contributed by atoms with Gasteiger partial charge in [0.15, 0.2) is 0 Å². The Bertz CT molecular complexity index is 143. The molecule has 0 radical (unpaired) electrons. The molecule has 4 nitrogen and oxygen atoms in total. The van der Waals surface area contributed by atoms with Crippen molar-refractivity contribution in [2.24, 2.45) is 0 Å². The minimum Gasteiger partial charge on any atom is -0.468 e.